The third-order valence-electron chi connectivity index (χ3n) is 5.62. The maximum Gasteiger partial charge on any atom is 0.261 e. The Morgan fingerprint density at radius 2 is 1.69 bits per heavy atom. The minimum atomic E-state index is -0.674. The Morgan fingerprint density at radius 1 is 1.03 bits per heavy atom. The number of carbonyl (C=O) groups excluding carboxylic acids is 2. The summed E-state index contributed by atoms with van der Waals surface area (Å²) >= 11 is 12.7. The van der Waals surface area contributed by atoms with E-state index in [0.29, 0.717) is 27.8 Å². The number of nitrogens with one attached hydrogen (secondary N) is 1. The van der Waals surface area contributed by atoms with E-state index in [-0.39, 0.29) is 31.0 Å². The first-order valence-electron chi connectivity index (χ1n) is 10.9. The van der Waals surface area contributed by atoms with Crippen LogP contribution in [0.2, 0.25) is 10.0 Å². The van der Waals surface area contributed by atoms with Gasteiger partial charge in [0.2, 0.25) is 5.91 Å². The van der Waals surface area contributed by atoms with Crippen LogP contribution in [0.25, 0.3) is 0 Å². The van der Waals surface area contributed by atoms with Crippen molar-refractivity contribution in [1.29, 1.82) is 0 Å². The number of benzene rings is 2. The fourth-order valence-electron chi connectivity index (χ4n) is 3.25. The van der Waals surface area contributed by atoms with Gasteiger partial charge in [-0.15, -0.1) is 0 Å². The summed E-state index contributed by atoms with van der Waals surface area (Å²) in [6.07, 6.45) is 1.24. The summed E-state index contributed by atoms with van der Waals surface area (Å²) in [4.78, 5) is 27.8. The molecular weight excluding hydrogens is 447 g/mol. The number of ether oxygens (including phenoxy) is 1. The highest BCUT2D eigenvalue weighted by atomic mass is 35.5. The van der Waals surface area contributed by atoms with Crippen LogP contribution in [-0.4, -0.2) is 35.4 Å². The molecule has 2 aromatic carbocycles. The van der Waals surface area contributed by atoms with Gasteiger partial charge in [-0.25, -0.2) is 0 Å². The summed E-state index contributed by atoms with van der Waals surface area (Å²) < 4.78 is 5.77. The van der Waals surface area contributed by atoms with Gasteiger partial charge >= 0.3 is 0 Å². The van der Waals surface area contributed by atoms with Crippen LogP contribution in [-0.2, 0) is 16.1 Å². The molecule has 0 aromatic heterocycles. The lowest BCUT2D eigenvalue weighted by atomic mass is 10.1. The molecule has 0 aliphatic heterocycles. The van der Waals surface area contributed by atoms with Crippen molar-refractivity contribution >= 4 is 35.0 Å². The maximum absolute atomic E-state index is 13.3. The highest BCUT2D eigenvalue weighted by molar-refractivity contribution is 6.36. The van der Waals surface area contributed by atoms with Crippen molar-refractivity contribution in [2.24, 2.45) is 0 Å². The molecule has 0 spiro atoms. The van der Waals surface area contributed by atoms with E-state index in [2.05, 4.69) is 5.32 Å². The zero-order valence-electron chi connectivity index (χ0n) is 19.4. The zero-order valence-corrected chi connectivity index (χ0v) is 20.9. The highest BCUT2D eigenvalue weighted by Gasteiger charge is 2.30. The minimum absolute atomic E-state index is 0.00388. The number of rotatable bonds is 10. The summed E-state index contributed by atoms with van der Waals surface area (Å²) in [5.41, 5.74) is 2.82. The molecule has 2 rings (SSSR count). The molecular formula is C25H32Cl2N2O3. The van der Waals surface area contributed by atoms with Crippen LogP contribution >= 0.6 is 23.2 Å². The number of nitrogens with zero attached hydrogens (tertiary/aromatic N) is 1. The first-order valence-corrected chi connectivity index (χ1v) is 11.7. The predicted octanol–water partition coefficient (Wildman–Crippen LogP) is 5.71. The first-order chi connectivity index (χ1) is 15.2. The van der Waals surface area contributed by atoms with Crippen molar-refractivity contribution in [2.45, 2.75) is 66.1 Å². The summed E-state index contributed by atoms with van der Waals surface area (Å²) in [5, 5.41) is 3.87. The number of carbonyl (C=O) groups is 2. The summed E-state index contributed by atoms with van der Waals surface area (Å²) in [6.45, 7) is 9.72. The Bertz CT molecular complexity index is 929. The second-order valence-electron chi connectivity index (χ2n) is 8.00. The topological polar surface area (TPSA) is 58.6 Å². The van der Waals surface area contributed by atoms with Crippen LogP contribution in [0, 0.1) is 13.8 Å². The van der Waals surface area contributed by atoms with Crippen LogP contribution in [0.5, 0.6) is 5.75 Å². The fraction of sp³-hybridized carbons (Fsp3) is 0.440. The molecule has 0 bridgehead atoms. The van der Waals surface area contributed by atoms with Gasteiger partial charge in [-0.2, -0.15) is 0 Å². The van der Waals surface area contributed by atoms with E-state index in [1.54, 1.807) is 18.2 Å². The van der Waals surface area contributed by atoms with E-state index in [9.17, 15) is 9.59 Å². The minimum Gasteiger partial charge on any atom is -0.484 e. The smallest absolute Gasteiger partial charge is 0.261 e. The molecule has 2 aromatic rings. The van der Waals surface area contributed by atoms with E-state index in [4.69, 9.17) is 27.9 Å². The Labute approximate surface area is 201 Å². The van der Waals surface area contributed by atoms with Crippen molar-refractivity contribution in [3.8, 4) is 5.75 Å². The molecule has 5 nitrogen and oxygen atoms in total. The zero-order chi connectivity index (χ0) is 23.8. The van der Waals surface area contributed by atoms with Crippen LogP contribution < -0.4 is 10.1 Å². The third-order valence-corrected chi connectivity index (χ3v) is 6.33. The van der Waals surface area contributed by atoms with Crippen LogP contribution in [0.15, 0.2) is 36.4 Å². The Balaban J connectivity index is 2.29. The molecule has 0 radical (unpaired) electrons. The molecule has 2 amide bonds. The lowest BCUT2D eigenvalue weighted by Crippen LogP contribution is -2.51. The molecule has 2 atom stereocenters. The van der Waals surface area contributed by atoms with Gasteiger partial charge in [-0.05, 0) is 69.0 Å². The van der Waals surface area contributed by atoms with Crippen molar-refractivity contribution in [1.82, 2.24) is 10.2 Å². The normalized spacial score (nSPS) is 12.7. The Kier molecular flexibility index (Phi) is 9.85. The SMILES string of the molecule is CC[C@@H](C)NC(=O)[C@H](CC)N(Cc1c(Cl)cccc1Cl)C(=O)COc1ccc(C)c(C)c1. The molecule has 0 fully saturated rings. The maximum atomic E-state index is 13.3. The van der Waals surface area contributed by atoms with Crippen molar-refractivity contribution in [3.05, 3.63) is 63.1 Å². The molecule has 7 heteroatoms. The van der Waals surface area contributed by atoms with Gasteiger partial charge in [0, 0.05) is 28.2 Å². The van der Waals surface area contributed by atoms with E-state index >= 15 is 0 Å². The van der Waals surface area contributed by atoms with E-state index in [0.717, 1.165) is 17.5 Å². The Morgan fingerprint density at radius 3 is 2.25 bits per heavy atom. The number of halogens is 2. The molecule has 174 valence electrons. The van der Waals surface area contributed by atoms with Crippen molar-refractivity contribution in [2.75, 3.05) is 6.61 Å². The fourth-order valence-corrected chi connectivity index (χ4v) is 3.76. The Hall–Kier alpha value is -2.24. The molecule has 0 heterocycles. The van der Waals surface area contributed by atoms with Crippen LogP contribution in [0.3, 0.4) is 0 Å². The molecule has 1 N–H and O–H groups in total. The second-order valence-corrected chi connectivity index (χ2v) is 8.81. The highest BCUT2D eigenvalue weighted by Crippen LogP contribution is 2.27. The predicted molar refractivity (Wildman–Crippen MR) is 130 cm³/mol. The van der Waals surface area contributed by atoms with Crippen molar-refractivity contribution in [3.63, 3.8) is 0 Å². The second kappa shape index (κ2) is 12.1. The van der Waals surface area contributed by atoms with E-state index in [1.807, 2.05) is 52.8 Å². The largest absolute Gasteiger partial charge is 0.484 e. The van der Waals surface area contributed by atoms with Crippen molar-refractivity contribution < 1.29 is 14.3 Å². The molecule has 0 saturated carbocycles. The number of hydrogen-bond donors (Lipinski definition) is 1. The number of aryl methyl sites for hydroxylation is 2. The lowest BCUT2D eigenvalue weighted by Gasteiger charge is -2.32. The molecule has 32 heavy (non-hydrogen) atoms. The van der Waals surface area contributed by atoms with Gasteiger partial charge in [0.1, 0.15) is 11.8 Å². The van der Waals surface area contributed by atoms with Crippen LogP contribution in [0.4, 0.5) is 0 Å². The third kappa shape index (κ3) is 6.88. The molecule has 0 aliphatic carbocycles. The average molecular weight is 479 g/mol. The van der Waals surface area contributed by atoms with Gasteiger partial charge in [-0.3, -0.25) is 9.59 Å². The summed E-state index contributed by atoms with van der Waals surface area (Å²) in [7, 11) is 0. The summed E-state index contributed by atoms with van der Waals surface area (Å²) in [6, 6.07) is 10.2. The van der Waals surface area contributed by atoms with Gasteiger partial charge in [0.25, 0.3) is 5.91 Å². The van der Waals surface area contributed by atoms with E-state index in [1.165, 1.54) is 4.90 Å². The van der Waals surface area contributed by atoms with Gasteiger partial charge in [0.15, 0.2) is 6.61 Å². The monoisotopic (exact) mass is 478 g/mol. The van der Waals surface area contributed by atoms with Gasteiger partial charge in [0.05, 0.1) is 0 Å². The molecule has 0 saturated heterocycles. The van der Waals surface area contributed by atoms with Gasteiger partial charge in [-0.1, -0.05) is 49.2 Å². The number of amides is 2. The van der Waals surface area contributed by atoms with Crippen LogP contribution in [0.1, 0.15) is 50.3 Å². The van der Waals surface area contributed by atoms with E-state index < -0.39 is 6.04 Å². The molecule has 0 unspecified atom stereocenters. The van der Waals surface area contributed by atoms with Gasteiger partial charge < -0.3 is 15.0 Å². The summed E-state index contributed by atoms with van der Waals surface area (Å²) in [5.74, 6) is 0.0872. The first kappa shape index (κ1) is 26.0. The standard InChI is InChI=1S/C25H32Cl2N2O3/c1-6-18(5)28-25(31)23(7-2)29(14-20-21(26)9-8-10-22(20)27)24(30)15-32-19-12-11-16(3)17(4)13-19/h8-13,18,23H,6-7,14-15H2,1-5H3,(H,28,31)/t18-,23+/m1/s1. The lowest BCUT2D eigenvalue weighted by molar-refractivity contribution is -0.143. The quantitative estimate of drug-likeness (QED) is 0.475. The average Bonchev–Trinajstić information content (AvgIpc) is 2.76. The molecule has 0 aliphatic rings. The number of hydrogen-bond acceptors (Lipinski definition) is 3.